The molecule has 0 fully saturated rings. The second-order valence-corrected chi connectivity index (χ2v) is 6.73. The van der Waals surface area contributed by atoms with Crippen LogP contribution in [0.3, 0.4) is 0 Å². The van der Waals surface area contributed by atoms with Crippen molar-refractivity contribution < 1.29 is 4.92 Å². The van der Waals surface area contributed by atoms with Crippen LogP contribution in [0.4, 0.5) is 5.69 Å². The van der Waals surface area contributed by atoms with Crippen LogP contribution >= 0.6 is 11.3 Å². The number of nitro groups is 1. The number of rotatable bonds is 3. The molecule has 0 aliphatic carbocycles. The summed E-state index contributed by atoms with van der Waals surface area (Å²) in [6, 6.07) is 13.7. The molecular weight excluding hydrogens is 352 g/mol. The Morgan fingerprint density at radius 3 is 2.54 bits per heavy atom. The zero-order chi connectivity index (χ0) is 18.3. The third-order valence-corrected chi connectivity index (χ3v) is 5.00. The second kappa shape index (κ2) is 6.16. The van der Waals surface area contributed by atoms with Gasteiger partial charge in [-0.3, -0.25) is 14.9 Å². The van der Waals surface area contributed by atoms with Gasteiger partial charge in [0.05, 0.1) is 9.46 Å². The summed E-state index contributed by atoms with van der Waals surface area (Å²) in [5.74, 6) is 0.516. The first-order valence-electron chi connectivity index (χ1n) is 7.75. The van der Waals surface area contributed by atoms with Crippen molar-refractivity contribution in [2.24, 2.45) is 0 Å². The van der Waals surface area contributed by atoms with Crippen molar-refractivity contribution in [1.82, 2.24) is 14.6 Å². The fourth-order valence-electron chi connectivity index (χ4n) is 2.70. The molecule has 8 heteroatoms. The molecule has 0 atom stereocenters. The molecule has 128 valence electrons. The van der Waals surface area contributed by atoms with Crippen LogP contribution in [-0.4, -0.2) is 19.5 Å². The van der Waals surface area contributed by atoms with E-state index in [9.17, 15) is 14.9 Å². The van der Waals surface area contributed by atoms with Gasteiger partial charge < -0.3 is 0 Å². The summed E-state index contributed by atoms with van der Waals surface area (Å²) < 4.78 is 2.00. The van der Waals surface area contributed by atoms with Gasteiger partial charge >= 0.3 is 0 Å². The molecule has 0 bridgehead atoms. The summed E-state index contributed by atoms with van der Waals surface area (Å²) in [6.45, 7) is 1.96. The van der Waals surface area contributed by atoms with E-state index in [4.69, 9.17) is 0 Å². The van der Waals surface area contributed by atoms with Crippen molar-refractivity contribution in [1.29, 1.82) is 0 Å². The molecule has 7 nitrogen and oxygen atoms in total. The fourth-order valence-corrected chi connectivity index (χ4v) is 3.62. The van der Waals surface area contributed by atoms with E-state index in [0.717, 1.165) is 11.1 Å². The summed E-state index contributed by atoms with van der Waals surface area (Å²) in [7, 11) is 0. The first-order chi connectivity index (χ1) is 12.5. The quantitative estimate of drug-likeness (QED) is 0.412. The Labute approximate surface area is 151 Å². The van der Waals surface area contributed by atoms with Crippen LogP contribution in [0.25, 0.3) is 22.4 Å². The average molecular weight is 364 g/mol. The van der Waals surface area contributed by atoms with Gasteiger partial charge in [0, 0.05) is 17.7 Å². The zero-order valence-electron chi connectivity index (χ0n) is 13.6. The molecule has 0 spiro atoms. The lowest BCUT2D eigenvalue weighted by Crippen LogP contribution is -2.23. The highest BCUT2D eigenvalue weighted by atomic mass is 32.1. The number of nitrogens with zero attached hydrogens (tertiary/aromatic N) is 4. The van der Waals surface area contributed by atoms with Gasteiger partial charge in [-0.25, -0.2) is 4.40 Å². The number of hydrogen-bond donors (Lipinski definition) is 0. The Bertz CT molecular complexity index is 1240. The minimum absolute atomic E-state index is 0.0107. The van der Waals surface area contributed by atoms with Crippen LogP contribution < -0.4 is 10.1 Å². The molecule has 4 rings (SSSR count). The fraction of sp³-hybridized carbons (Fsp3) is 0.0556. The van der Waals surface area contributed by atoms with Gasteiger partial charge in [0.25, 0.3) is 11.2 Å². The van der Waals surface area contributed by atoms with Crippen LogP contribution in [0, 0.1) is 17.0 Å². The number of thiazole rings is 1. The molecular formula is C18H12N4O3S. The molecule has 0 aliphatic heterocycles. The standard InChI is InChI=1S/C18H12N4O3S/c1-11-4-2-3-5-14(11)16-19-20-18-21(16)17(23)15(26-18)10-12-6-8-13(9-7-12)22(24)25/h2-10H,1H3/b15-10+. The van der Waals surface area contributed by atoms with Crippen molar-refractivity contribution in [3.8, 4) is 11.4 Å². The number of aryl methyl sites for hydroxylation is 1. The minimum Gasteiger partial charge on any atom is -0.267 e. The third kappa shape index (κ3) is 2.66. The van der Waals surface area contributed by atoms with Crippen molar-refractivity contribution in [3.63, 3.8) is 0 Å². The Balaban J connectivity index is 1.86. The summed E-state index contributed by atoms with van der Waals surface area (Å²) in [4.78, 5) is 23.6. The number of nitro benzene ring substituents is 1. The highest BCUT2D eigenvalue weighted by molar-refractivity contribution is 7.15. The Hall–Kier alpha value is -3.39. The van der Waals surface area contributed by atoms with E-state index in [1.807, 2.05) is 31.2 Å². The number of non-ortho nitro benzene ring substituents is 1. The number of fused-ring (bicyclic) bond motifs is 1. The molecule has 0 saturated carbocycles. The highest BCUT2D eigenvalue weighted by Gasteiger charge is 2.15. The smallest absolute Gasteiger partial charge is 0.267 e. The minimum atomic E-state index is -0.456. The van der Waals surface area contributed by atoms with Crippen LogP contribution in [0.1, 0.15) is 11.1 Å². The molecule has 0 aliphatic rings. The monoisotopic (exact) mass is 364 g/mol. The van der Waals surface area contributed by atoms with Crippen molar-refractivity contribution in [2.45, 2.75) is 6.92 Å². The highest BCUT2D eigenvalue weighted by Crippen LogP contribution is 2.21. The lowest BCUT2D eigenvalue weighted by molar-refractivity contribution is -0.384. The molecule has 0 amide bonds. The van der Waals surface area contributed by atoms with Gasteiger partial charge in [-0.05, 0) is 36.3 Å². The van der Waals surface area contributed by atoms with E-state index >= 15 is 0 Å². The third-order valence-electron chi connectivity index (χ3n) is 4.04. The molecule has 2 aromatic carbocycles. The van der Waals surface area contributed by atoms with E-state index in [2.05, 4.69) is 10.2 Å². The number of hydrogen-bond acceptors (Lipinski definition) is 6. The van der Waals surface area contributed by atoms with Gasteiger partial charge in [0.15, 0.2) is 5.82 Å². The van der Waals surface area contributed by atoms with Crippen LogP contribution in [0.2, 0.25) is 0 Å². The topological polar surface area (TPSA) is 90.4 Å². The van der Waals surface area contributed by atoms with E-state index in [1.54, 1.807) is 18.2 Å². The van der Waals surface area contributed by atoms with Crippen LogP contribution in [0.5, 0.6) is 0 Å². The molecule has 0 unspecified atom stereocenters. The molecule has 0 saturated heterocycles. The Kier molecular flexibility index (Phi) is 3.81. The van der Waals surface area contributed by atoms with E-state index in [-0.39, 0.29) is 11.2 Å². The van der Waals surface area contributed by atoms with Gasteiger partial charge in [0.2, 0.25) is 4.96 Å². The molecule has 2 heterocycles. The zero-order valence-corrected chi connectivity index (χ0v) is 14.4. The summed E-state index contributed by atoms with van der Waals surface area (Å²) in [5.41, 5.74) is 2.39. The maximum absolute atomic E-state index is 12.8. The van der Waals surface area contributed by atoms with Gasteiger partial charge in [-0.15, -0.1) is 10.2 Å². The largest absolute Gasteiger partial charge is 0.276 e. The SMILES string of the molecule is Cc1ccccc1-c1nnc2s/c(=C/c3ccc([N+](=O)[O-])cc3)c(=O)n12. The number of benzene rings is 2. The Morgan fingerprint density at radius 2 is 1.85 bits per heavy atom. The van der Waals surface area contributed by atoms with E-state index in [1.165, 1.54) is 27.9 Å². The molecule has 4 aromatic rings. The summed E-state index contributed by atoms with van der Waals surface area (Å²) in [5, 5.41) is 19.0. The second-order valence-electron chi connectivity index (χ2n) is 5.72. The predicted octanol–water partition coefficient (Wildman–Crippen LogP) is 2.58. The van der Waals surface area contributed by atoms with Crippen molar-refractivity contribution in [3.05, 3.63) is 84.7 Å². The first kappa shape index (κ1) is 16.1. The lowest BCUT2D eigenvalue weighted by atomic mass is 10.1. The molecule has 0 radical (unpaired) electrons. The predicted molar refractivity (Wildman–Crippen MR) is 99.2 cm³/mol. The van der Waals surface area contributed by atoms with Crippen LogP contribution in [-0.2, 0) is 0 Å². The normalized spacial score (nSPS) is 12.0. The Morgan fingerprint density at radius 1 is 1.12 bits per heavy atom. The van der Waals surface area contributed by atoms with Gasteiger partial charge in [-0.1, -0.05) is 35.6 Å². The summed E-state index contributed by atoms with van der Waals surface area (Å²) in [6.07, 6.45) is 1.70. The molecule has 26 heavy (non-hydrogen) atoms. The maximum atomic E-state index is 12.8. The van der Waals surface area contributed by atoms with Crippen LogP contribution in [0.15, 0.2) is 53.3 Å². The average Bonchev–Trinajstić information content (AvgIpc) is 3.17. The molecule has 0 N–H and O–H groups in total. The maximum Gasteiger partial charge on any atom is 0.276 e. The van der Waals surface area contributed by atoms with Gasteiger partial charge in [-0.2, -0.15) is 0 Å². The molecule has 2 aromatic heterocycles. The summed E-state index contributed by atoms with van der Waals surface area (Å²) >= 11 is 1.24. The van der Waals surface area contributed by atoms with Gasteiger partial charge in [0.1, 0.15) is 0 Å². The lowest BCUT2D eigenvalue weighted by Gasteiger charge is -2.00. The first-order valence-corrected chi connectivity index (χ1v) is 8.56. The van der Waals surface area contributed by atoms with E-state index in [0.29, 0.717) is 20.9 Å². The van der Waals surface area contributed by atoms with Crippen molar-refractivity contribution in [2.75, 3.05) is 0 Å². The number of aromatic nitrogens is 3. The van der Waals surface area contributed by atoms with Crippen molar-refractivity contribution >= 4 is 28.1 Å². The van der Waals surface area contributed by atoms with E-state index < -0.39 is 4.92 Å².